The predicted molar refractivity (Wildman–Crippen MR) is 106 cm³/mol. The summed E-state index contributed by atoms with van der Waals surface area (Å²) in [6, 6.07) is 14.0. The Morgan fingerprint density at radius 2 is 1.70 bits per heavy atom. The van der Waals surface area contributed by atoms with Crippen LogP contribution in [-0.2, 0) is 0 Å². The Bertz CT molecular complexity index is 984. The lowest BCUT2D eigenvalue weighted by molar-refractivity contribution is 0.102. The number of nitrogens with zero attached hydrogens (tertiary/aromatic N) is 3. The molecule has 0 saturated heterocycles. The average molecular weight is 429 g/mol. The fourth-order valence-electron chi connectivity index (χ4n) is 2.41. The summed E-state index contributed by atoms with van der Waals surface area (Å²) in [4.78, 5) is 23.8. The van der Waals surface area contributed by atoms with Gasteiger partial charge in [0.05, 0.1) is 11.4 Å². The summed E-state index contributed by atoms with van der Waals surface area (Å²) in [5.74, 6) is -0.360. The van der Waals surface area contributed by atoms with Gasteiger partial charge in [0.15, 0.2) is 5.69 Å². The van der Waals surface area contributed by atoms with E-state index in [2.05, 4.69) is 42.2 Å². The maximum Gasteiger partial charge on any atom is 0.318 e. The van der Waals surface area contributed by atoms with Gasteiger partial charge in [0.25, 0.3) is 5.91 Å². The van der Waals surface area contributed by atoms with Crippen molar-refractivity contribution >= 4 is 39.2 Å². The summed E-state index contributed by atoms with van der Waals surface area (Å²) < 4.78 is 2.52. The summed E-state index contributed by atoms with van der Waals surface area (Å²) in [6.07, 6.45) is 0. The number of halogens is 1. The van der Waals surface area contributed by atoms with E-state index >= 15 is 0 Å². The van der Waals surface area contributed by atoms with Gasteiger partial charge in [-0.05, 0) is 49.4 Å². The van der Waals surface area contributed by atoms with Crippen molar-refractivity contribution in [2.24, 2.45) is 0 Å². The maximum absolute atomic E-state index is 12.5. The molecule has 0 saturated carbocycles. The third-order valence-corrected chi connectivity index (χ3v) is 4.28. The highest BCUT2D eigenvalue weighted by Crippen LogP contribution is 2.19. The molecule has 0 atom stereocenters. The third-order valence-electron chi connectivity index (χ3n) is 3.79. The van der Waals surface area contributed by atoms with Gasteiger partial charge >= 0.3 is 6.03 Å². The fraction of sp³-hybridized carbons (Fsp3) is 0.111. The van der Waals surface area contributed by atoms with Gasteiger partial charge in [-0.15, -0.1) is 5.10 Å². The first kappa shape index (κ1) is 18.6. The van der Waals surface area contributed by atoms with Crippen molar-refractivity contribution in [1.82, 2.24) is 20.3 Å². The highest BCUT2D eigenvalue weighted by Gasteiger charge is 2.17. The number of amides is 3. The van der Waals surface area contributed by atoms with Crippen LogP contribution < -0.4 is 16.0 Å². The summed E-state index contributed by atoms with van der Waals surface area (Å²) in [5, 5.41) is 16.0. The highest BCUT2D eigenvalue weighted by molar-refractivity contribution is 9.10. The second kappa shape index (κ2) is 8.00. The van der Waals surface area contributed by atoms with Crippen molar-refractivity contribution in [3.63, 3.8) is 0 Å². The Morgan fingerprint density at radius 1 is 1.04 bits per heavy atom. The van der Waals surface area contributed by atoms with Crippen LogP contribution in [0.4, 0.5) is 16.2 Å². The van der Waals surface area contributed by atoms with Gasteiger partial charge in [0.1, 0.15) is 0 Å². The lowest BCUT2D eigenvalue weighted by Gasteiger charge is -2.07. The van der Waals surface area contributed by atoms with Crippen molar-refractivity contribution in [3.05, 3.63) is 64.4 Å². The van der Waals surface area contributed by atoms with Crippen LogP contribution in [0.15, 0.2) is 53.0 Å². The van der Waals surface area contributed by atoms with Crippen molar-refractivity contribution < 1.29 is 9.59 Å². The Hall–Kier alpha value is -3.20. The van der Waals surface area contributed by atoms with E-state index in [0.717, 1.165) is 10.2 Å². The first-order valence-corrected chi connectivity index (χ1v) is 8.85. The Morgan fingerprint density at radius 3 is 2.33 bits per heavy atom. The molecule has 3 N–H and O–H groups in total. The quantitative estimate of drug-likeness (QED) is 0.592. The number of carbonyl (C=O) groups is 2. The van der Waals surface area contributed by atoms with Crippen LogP contribution in [-0.4, -0.2) is 34.0 Å². The van der Waals surface area contributed by atoms with E-state index < -0.39 is 0 Å². The fourth-order valence-corrected chi connectivity index (χ4v) is 2.80. The maximum atomic E-state index is 12.5. The Balaban J connectivity index is 1.74. The van der Waals surface area contributed by atoms with Gasteiger partial charge in [-0.3, -0.25) is 4.79 Å². The molecule has 0 radical (unpaired) electrons. The summed E-state index contributed by atoms with van der Waals surface area (Å²) in [6.45, 7) is 1.78. The molecule has 0 bridgehead atoms. The van der Waals surface area contributed by atoms with Crippen molar-refractivity contribution in [2.75, 3.05) is 17.7 Å². The number of benzene rings is 2. The van der Waals surface area contributed by atoms with E-state index in [0.29, 0.717) is 17.1 Å². The molecule has 1 aromatic heterocycles. The third kappa shape index (κ3) is 4.32. The Kier molecular flexibility index (Phi) is 5.51. The number of hydrogen-bond donors (Lipinski definition) is 3. The molecule has 0 aliphatic heterocycles. The molecule has 0 spiro atoms. The molecular formula is C18H17BrN6O2. The lowest BCUT2D eigenvalue weighted by Crippen LogP contribution is -2.24. The zero-order valence-electron chi connectivity index (χ0n) is 14.7. The largest absolute Gasteiger partial charge is 0.341 e. The smallest absolute Gasteiger partial charge is 0.318 e. The standard InChI is InChI=1S/C18H17BrN6O2/c1-11-16(23-24-25(11)15-5-3-4-12(19)10-15)17(26)21-13-6-8-14(9-7-13)22-18(27)20-2/h3-10H,1-2H3,(H,21,26)(H2,20,22,27). The molecule has 0 unspecified atom stereocenters. The monoisotopic (exact) mass is 428 g/mol. The van der Waals surface area contributed by atoms with Crippen molar-refractivity contribution in [1.29, 1.82) is 0 Å². The number of aromatic nitrogens is 3. The highest BCUT2D eigenvalue weighted by atomic mass is 79.9. The van der Waals surface area contributed by atoms with E-state index in [1.807, 2.05) is 24.3 Å². The predicted octanol–water partition coefficient (Wildman–Crippen LogP) is 3.34. The summed E-state index contributed by atoms with van der Waals surface area (Å²) in [7, 11) is 1.54. The molecular weight excluding hydrogens is 412 g/mol. The molecule has 0 aliphatic rings. The molecule has 0 fully saturated rings. The van der Waals surface area contributed by atoms with Crippen LogP contribution in [0, 0.1) is 6.92 Å². The summed E-state index contributed by atoms with van der Waals surface area (Å²) in [5.41, 5.74) is 2.87. The van der Waals surface area contributed by atoms with E-state index in [1.165, 1.54) is 7.05 Å². The van der Waals surface area contributed by atoms with Crippen LogP contribution in [0.25, 0.3) is 5.69 Å². The second-order valence-corrected chi connectivity index (χ2v) is 6.57. The molecule has 2 aromatic carbocycles. The zero-order chi connectivity index (χ0) is 19.4. The second-order valence-electron chi connectivity index (χ2n) is 5.65. The SMILES string of the molecule is CNC(=O)Nc1ccc(NC(=O)c2nnn(-c3cccc(Br)c3)c2C)cc1. The Labute approximate surface area is 164 Å². The topological polar surface area (TPSA) is 101 Å². The number of rotatable bonds is 4. The molecule has 3 rings (SSSR count). The van der Waals surface area contributed by atoms with Crippen LogP contribution in [0.2, 0.25) is 0 Å². The molecule has 1 heterocycles. The van der Waals surface area contributed by atoms with E-state index in [1.54, 1.807) is 35.9 Å². The van der Waals surface area contributed by atoms with Crippen LogP contribution >= 0.6 is 15.9 Å². The first-order chi connectivity index (χ1) is 13.0. The van der Waals surface area contributed by atoms with Gasteiger partial charge in [-0.1, -0.05) is 27.2 Å². The number of hydrogen-bond acceptors (Lipinski definition) is 4. The molecule has 138 valence electrons. The average Bonchev–Trinajstić information content (AvgIpc) is 3.04. The summed E-state index contributed by atoms with van der Waals surface area (Å²) >= 11 is 3.42. The van der Waals surface area contributed by atoms with Gasteiger partial charge in [-0.2, -0.15) is 0 Å². The van der Waals surface area contributed by atoms with E-state index in [-0.39, 0.29) is 17.6 Å². The minimum atomic E-state index is -0.360. The van der Waals surface area contributed by atoms with Gasteiger partial charge < -0.3 is 16.0 Å². The van der Waals surface area contributed by atoms with Gasteiger partial charge in [0, 0.05) is 22.9 Å². The minimum absolute atomic E-state index is 0.238. The van der Waals surface area contributed by atoms with Gasteiger partial charge in [0.2, 0.25) is 0 Å². The number of carbonyl (C=O) groups excluding carboxylic acids is 2. The minimum Gasteiger partial charge on any atom is -0.341 e. The normalized spacial score (nSPS) is 10.3. The van der Waals surface area contributed by atoms with Crippen molar-refractivity contribution in [3.8, 4) is 5.69 Å². The van der Waals surface area contributed by atoms with Crippen LogP contribution in [0.1, 0.15) is 16.2 Å². The first-order valence-electron chi connectivity index (χ1n) is 8.06. The van der Waals surface area contributed by atoms with Crippen LogP contribution in [0.3, 0.4) is 0 Å². The van der Waals surface area contributed by atoms with E-state index in [9.17, 15) is 9.59 Å². The number of anilines is 2. The molecule has 27 heavy (non-hydrogen) atoms. The molecule has 8 nitrogen and oxygen atoms in total. The van der Waals surface area contributed by atoms with Gasteiger partial charge in [-0.25, -0.2) is 9.48 Å². The molecule has 9 heteroatoms. The number of urea groups is 1. The lowest BCUT2D eigenvalue weighted by atomic mass is 10.2. The zero-order valence-corrected chi connectivity index (χ0v) is 16.2. The molecule has 0 aliphatic carbocycles. The van der Waals surface area contributed by atoms with E-state index in [4.69, 9.17) is 0 Å². The molecule has 3 amide bonds. The van der Waals surface area contributed by atoms with Crippen LogP contribution in [0.5, 0.6) is 0 Å². The molecule has 3 aromatic rings. The number of nitrogens with one attached hydrogen (secondary N) is 3. The van der Waals surface area contributed by atoms with Crippen molar-refractivity contribution in [2.45, 2.75) is 6.92 Å².